The third-order valence-electron chi connectivity index (χ3n) is 3.53. The Labute approximate surface area is 160 Å². The molecule has 1 aromatic heterocycles. The zero-order valence-electron chi connectivity index (χ0n) is 15.5. The number of carbonyl (C=O) groups excluding carboxylic acids is 1. The smallest absolute Gasteiger partial charge is 0.334 e. The van der Waals surface area contributed by atoms with Crippen molar-refractivity contribution in [3.8, 4) is 0 Å². The number of hydrogen-bond acceptors (Lipinski definition) is 4. The van der Waals surface area contributed by atoms with Crippen molar-refractivity contribution < 1.29 is 17.2 Å². The van der Waals surface area contributed by atoms with Crippen LogP contribution in [0.25, 0.3) is 0 Å². The van der Waals surface area contributed by atoms with E-state index in [1.807, 2.05) is 19.9 Å². The molecule has 0 spiro atoms. The molecule has 0 fully saturated rings. The summed E-state index contributed by atoms with van der Waals surface area (Å²) >= 11 is 0. The van der Waals surface area contributed by atoms with Crippen molar-refractivity contribution in [2.24, 2.45) is 5.41 Å². The summed E-state index contributed by atoms with van der Waals surface area (Å²) in [6.07, 6.45) is 3.32. The van der Waals surface area contributed by atoms with E-state index in [1.165, 1.54) is 24.3 Å². The zero-order chi connectivity index (χ0) is 20.1. The molecule has 0 aliphatic rings. The Hall–Kier alpha value is -2.87. The number of benzene rings is 1. The van der Waals surface area contributed by atoms with Crippen LogP contribution >= 0.6 is 0 Å². The molecule has 0 unspecified atom stereocenters. The Balaban J connectivity index is 1.98. The maximum absolute atomic E-state index is 12.5. The van der Waals surface area contributed by atoms with Crippen molar-refractivity contribution in [3.05, 3.63) is 61.3 Å². The Kier molecular flexibility index (Phi) is 6.22. The van der Waals surface area contributed by atoms with E-state index in [1.54, 1.807) is 18.5 Å². The van der Waals surface area contributed by atoms with Gasteiger partial charge in [-0.3, -0.25) is 4.98 Å². The van der Waals surface area contributed by atoms with Crippen LogP contribution in [0.15, 0.2) is 53.7 Å². The molecule has 0 radical (unpaired) electrons. The van der Waals surface area contributed by atoms with Crippen LogP contribution in [-0.4, -0.2) is 36.7 Å². The third kappa shape index (κ3) is 6.10. The summed E-state index contributed by atoms with van der Waals surface area (Å²) < 4.78 is 26.1. The van der Waals surface area contributed by atoms with E-state index in [-0.39, 0.29) is 11.4 Å². The Morgan fingerprint density at radius 2 is 1.93 bits per heavy atom. The fourth-order valence-corrected chi connectivity index (χ4v) is 3.58. The van der Waals surface area contributed by atoms with Crippen molar-refractivity contribution in [1.29, 1.82) is 0 Å². The highest BCUT2D eigenvalue weighted by Gasteiger charge is 2.33. The lowest BCUT2D eigenvalue weighted by Crippen LogP contribution is -2.29. The van der Waals surface area contributed by atoms with Crippen molar-refractivity contribution in [2.45, 2.75) is 25.3 Å². The fourth-order valence-electron chi connectivity index (χ4n) is 2.28. The average Bonchev–Trinajstić information content (AvgIpc) is 2.60. The Morgan fingerprint density at radius 1 is 1.26 bits per heavy atom. The van der Waals surface area contributed by atoms with Gasteiger partial charge in [0.05, 0.1) is 6.92 Å². The molecule has 7 nitrogen and oxygen atoms in total. The molecule has 2 N–H and O–H groups in total. The lowest BCUT2D eigenvalue weighted by Gasteiger charge is -2.10. The monoisotopic (exact) mass is 388 g/mol. The lowest BCUT2D eigenvalue weighted by molar-refractivity contribution is -0.373. The minimum Gasteiger partial charge on any atom is -0.334 e. The molecule has 2 rings (SSSR count). The lowest BCUT2D eigenvalue weighted by atomic mass is 9.98. The first-order valence-electron chi connectivity index (χ1n) is 8.30. The number of amides is 2. The third-order valence-corrected chi connectivity index (χ3v) is 5.21. The summed E-state index contributed by atoms with van der Waals surface area (Å²) in [4.78, 5) is 16.0. The van der Waals surface area contributed by atoms with Gasteiger partial charge in [-0.2, -0.15) is 8.42 Å². The average molecular weight is 388 g/mol. The first-order chi connectivity index (χ1) is 12.6. The van der Waals surface area contributed by atoms with Crippen molar-refractivity contribution in [2.75, 3.05) is 11.9 Å². The second-order valence-electron chi connectivity index (χ2n) is 6.97. The van der Waals surface area contributed by atoms with Crippen molar-refractivity contribution >= 4 is 28.5 Å². The fraction of sp³-hybridized carbons (Fsp3) is 0.263. The predicted molar refractivity (Wildman–Crippen MR) is 105 cm³/mol. The van der Waals surface area contributed by atoms with Crippen LogP contribution in [0.2, 0.25) is 0 Å². The molecular weight excluding hydrogens is 364 g/mol. The minimum absolute atomic E-state index is 0.100. The van der Waals surface area contributed by atoms with Gasteiger partial charge in [-0.1, -0.05) is 6.07 Å². The normalized spacial score (nSPS) is 11.6. The number of nitrogens with zero attached hydrogens (tertiary/aromatic N) is 2. The number of urea groups is 1. The number of hydrogen-bond donors (Lipinski definition) is 2. The van der Waals surface area contributed by atoms with Gasteiger partial charge in [-0.15, -0.1) is 3.98 Å². The van der Waals surface area contributed by atoms with E-state index in [9.17, 15) is 13.2 Å². The van der Waals surface area contributed by atoms with Crippen molar-refractivity contribution in [1.82, 2.24) is 10.3 Å². The predicted octanol–water partition coefficient (Wildman–Crippen LogP) is 2.67. The topological polar surface area (TPSA) is 91.2 Å². The highest BCUT2D eigenvalue weighted by molar-refractivity contribution is 7.85. The minimum atomic E-state index is -3.72. The van der Waals surface area contributed by atoms with Gasteiger partial charge in [0.1, 0.15) is 11.6 Å². The van der Waals surface area contributed by atoms with E-state index in [4.69, 9.17) is 0 Å². The van der Waals surface area contributed by atoms with Gasteiger partial charge in [-0.25, -0.2) is 4.79 Å². The molecule has 0 aliphatic carbocycles. The van der Waals surface area contributed by atoms with E-state index in [2.05, 4.69) is 29.3 Å². The second kappa shape index (κ2) is 8.22. The molecule has 0 atom stereocenters. The van der Waals surface area contributed by atoms with E-state index in [0.717, 1.165) is 9.54 Å². The summed E-state index contributed by atoms with van der Waals surface area (Å²) in [6, 6.07) is 9.16. The van der Waals surface area contributed by atoms with Crippen LogP contribution < -0.4 is 10.6 Å². The highest BCUT2D eigenvalue weighted by Crippen LogP contribution is 2.19. The molecule has 1 aromatic carbocycles. The number of sulfonamides is 1. The number of aromatic nitrogens is 1. The summed E-state index contributed by atoms with van der Waals surface area (Å²) in [5.74, 6) is 0. The van der Waals surface area contributed by atoms with Gasteiger partial charge in [0.2, 0.25) is 6.54 Å². The van der Waals surface area contributed by atoms with Crippen LogP contribution in [0.1, 0.15) is 19.4 Å². The van der Waals surface area contributed by atoms with E-state index >= 15 is 0 Å². The molecule has 142 valence electrons. The van der Waals surface area contributed by atoms with Gasteiger partial charge in [0.25, 0.3) is 0 Å². The number of nitrogens with one attached hydrogen (secondary N) is 2. The van der Waals surface area contributed by atoms with Gasteiger partial charge >= 0.3 is 16.1 Å². The molecule has 0 bridgehead atoms. The first-order valence-corrected chi connectivity index (χ1v) is 9.74. The van der Waals surface area contributed by atoms with Crippen LogP contribution in [-0.2, 0) is 16.6 Å². The summed E-state index contributed by atoms with van der Waals surface area (Å²) in [7, 11) is -3.72. The summed E-state index contributed by atoms with van der Waals surface area (Å²) in [6.45, 7) is 11.7. The maximum Gasteiger partial charge on any atom is 0.394 e. The molecule has 8 heteroatoms. The molecule has 0 aliphatic heterocycles. The molecule has 0 saturated heterocycles. The first kappa shape index (κ1) is 20.4. The summed E-state index contributed by atoms with van der Waals surface area (Å²) in [5.41, 5.74) is 0.895. The number of anilines is 1. The second-order valence-corrected chi connectivity index (χ2v) is 8.91. The molecule has 1 heterocycles. The molecule has 0 saturated carbocycles. The Morgan fingerprint density at radius 3 is 2.48 bits per heavy atom. The van der Waals surface area contributed by atoms with Gasteiger partial charge in [-0.05, 0) is 49.7 Å². The standard InChI is InChI=1S/C19H23N4O3S/c1-19(2,3)14-23(4)27(25,26)17-9-7-16(8-10-17)22-18(24)21-13-15-6-5-11-20-12-15/h5-12H,1,4,13-14H2,2-3H3,(H-,21,22,24)/q+1/p+1. The molecular formula is C19H24N4O3S+2. The molecule has 2 aromatic rings. The zero-order valence-corrected chi connectivity index (χ0v) is 16.3. The largest absolute Gasteiger partial charge is 0.394 e. The number of carbonyl (C=O) groups is 1. The van der Waals surface area contributed by atoms with Gasteiger partial charge < -0.3 is 10.6 Å². The van der Waals surface area contributed by atoms with Gasteiger partial charge in [0, 0.05) is 24.6 Å². The number of pyridine rings is 1. The quantitative estimate of drug-likeness (QED) is 0.433. The van der Waals surface area contributed by atoms with Crippen LogP contribution in [0.4, 0.5) is 10.5 Å². The van der Waals surface area contributed by atoms with E-state index in [0.29, 0.717) is 12.2 Å². The Bertz CT molecular complexity index is 902. The highest BCUT2D eigenvalue weighted by atomic mass is 32.2. The van der Waals surface area contributed by atoms with Crippen molar-refractivity contribution in [3.63, 3.8) is 0 Å². The maximum atomic E-state index is 12.5. The van der Waals surface area contributed by atoms with Crippen LogP contribution in [0.3, 0.4) is 0 Å². The SMILES string of the molecule is C=[N+](CC([CH2+])(C)C)S(=O)(=O)c1ccc(NC(=O)NCc2cccnc2)cc1. The number of rotatable bonds is 7. The molecule has 2 amide bonds. The summed E-state index contributed by atoms with van der Waals surface area (Å²) in [5, 5.41) is 5.36. The molecule has 27 heavy (non-hydrogen) atoms. The van der Waals surface area contributed by atoms with Crippen LogP contribution in [0, 0.1) is 12.3 Å². The van der Waals surface area contributed by atoms with E-state index < -0.39 is 21.5 Å². The van der Waals surface area contributed by atoms with Gasteiger partial charge in [0.15, 0.2) is 5.41 Å². The van der Waals surface area contributed by atoms with Crippen LogP contribution in [0.5, 0.6) is 0 Å².